The SMILES string of the molecule is NCc1cc(C(=O)NCCCc2ccc(Br)cc2F)co1. The monoisotopic (exact) mass is 354 g/mol. The Kier molecular flexibility index (Phi) is 5.52. The third kappa shape index (κ3) is 4.41. The van der Waals surface area contributed by atoms with Crippen LogP contribution >= 0.6 is 15.9 Å². The Morgan fingerprint density at radius 3 is 2.86 bits per heavy atom. The summed E-state index contributed by atoms with van der Waals surface area (Å²) in [5.41, 5.74) is 6.50. The summed E-state index contributed by atoms with van der Waals surface area (Å²) < 4.78 is 19.4. The predicted molar refractivity (Wildman–Crippen MR) is 81.4 cm³/mol. The minimum absolute atomic E-state index is 0.213. The molecular formula is C15H16BrFN2O2. The lowest BCUT2D eigenvalue weighted by molar-refractivity contribution is 0.0952. The van der Waals surface area contributed by atoms with E-state index in [0.717, 1.165) is 0 Å². The van der Waals surface area contributed by atoms with Gasteiger partial charge in [0.15, 0.2) is 0 Å². The topological polar surface area (TPSA) is 68.3 Å². The lowest BCUT2D eigenvalue weighted by atomic mass is 10.1. The summed E-state index contributed by atoms with van der Waals surface area (Å²) in [5, 5.41) is 2.77. The molecule has 0 saturated heterocycles. The number of carbonyl (C=O) groups excluding carboxylic acids is 1. The normalized spacial score (nSPS) is 10.6. The molecule has 0 aliphatic heterocycles. The molecular weight excluding hydrogens is 339 g/mol. The molecule has 112 valence electrons. The average Bonchev–Trinajstić information content (AvgIpc) is 2.94. The highest BCUT2D eigenvalue weighted by Crippen LogP contribution is 2.16. The fraction of sp³-hybridized carbons (Fsp3) is 0.267. The van der Waals surface area contributed by atoms with Crippen LogP contribution in [-0.4, -0.2) is 12.5 Å². The Morgan fingerprint density at radius 1 is 1.38 bits per heavy atom. The van der Waals surface area contributed by atoms with E-state index in [1.54, 1.807) is 18.2 Å². The van der Waals surface area contributed by atoms with Crippen LogP contribution in [-0.2, 0) is 13.0 Å². The van der Waals surface area contributed by atoms with E-state index in [2.05, 4.69) is 21.2 Å². The predicted octanol–water partition coefficient (Wildman–Crippen LogP) is 3.00. The minimum atomic E-state index is -0.238. The van der Waals surface area contributed by atoms with Gasteiger partial charge < -0.3 is 15.5 Å². The Bertz CT molecular complexity index is 628. The van der Waals surface area contributed by atoms with Crippen LogP contribution in [0.5, 0.6) is 0 Å². The first-order valence-corrected chi connectivity index (χ1v) is 7.39. The van der Waals surface area contributed by atoms with E-state index in [-0.39, 0.29) is 18.3 Å². The number of rotatable bonds is 6. The van der Waals surface area contributed by atoms with Crippen molar-refractivity contribution in [3.63, 3.8) is 0 Å². The van der Waals surface area contributed by atoms with Crippen LogP contribution in [0.4, 0.5) is 4.39 Å². The van der Waals surface area contributed by atoms with E-state index in [0.29, 0.717) is 40.7 Å². The standard InChI is InChI=1S/C15H16BrFN2O2/c16-12-4-3-10(14(17)7-12)2-1-5-19-15(20)11-6-13(8-18)21-9-11/h3-4,6-7,9H,1-2,5,8,18H2,(H,19,20). The van der Waals surface area contributed by atoms with Crippen molar-refractivity contribution in [3.8, 4) is 0 Å². The molecule has 0 unspecified atom stereocenters. The van der Waals surface area contributed by atoms with Gasteiger partial charge in [-0.25, -0.2) is 4.39 Å². The van der Waals surface area contributed by atoms with Crippen molar-refractivity contribution in [1.29, 1.82) is 0 Å². The largest absolute Gasteiger partial charge is 0.467 e. The second-order valence-electron chi connectivity index (χ2n) is 4.60. The highest BCUT2D eigenvalue weighted by atomic mass is 79.9. The Morgan fingerprint density at radius 2 is 2.19 bits per heavy atom. The molecule has 0 spiro atoms. The molecule has 0 fully saturated rings. The lowest BCUT2D eigenvalue weighted by Gasteiger charge is -2.05. The van der Waals surface area contributed by atoms with Crippen LogP contribution in [0.1, 0.15) is 28.1 Å². The van der Waals surface area contributed by atoms with Crippen LogP contribution in [0.2, 0.25) is 0 Å². The zero-order valence-electron chi connectivity index (χ0n) is 11.4. The van der Waals surface area contributed by atoms with Crippen LogP contribution in [0.15, 0.2) is 39.4 Å². The average molecular weight is 355 g/mol. The van der Waals surface area contributed by atoms with Crippen LogP contribution in [0.25, 0.3) is 0 Å². The molecule has 3 N–H and O–H groups in total. The summed E-state index contributed by atoms with van der Waals surface area (Å²) in [6.45, 7) is 0.730. The lowest BCUT2D eigenvalue weighted by Crippen LogP contribution is -2.24. The summed E-state index contributed by atoms with van der Waals surface area (Å²) in [6.07, 6.45) is 2.61. The van der Waals surface area contributed by atoms with Crippen molar-refractivity contribution in [1.82, 2.24) is 5.32 Å². The first-order chi connectivity index (χ1) is 10.1. The maximum atomic E-state index is 13.6. The van der Waals surface area contributed by atoms with Crippen molar-refractivity contribution in [2.75, 3.05) is 6.54 Å². The highest BCUT2D eigenvalue weighted by molar-refractivity contribution is 9.10. The molecule has 0 aliphatic rings. The number of furan rings is 1. The molecule has 2 rings (SSSR count). The quantitative estimate of drug-likeness (QED) is 0.783. The van der Waals surface area contributed by atoms with E-state index >= 15 is 0 Å². The molecule has 0 aliphatic carbocycles. The fourth-order valence-electron chi connectivity index (χ4n) is 1.91. The maximum Gasteiger partial charge on any atom is 0.254 e. The van der Waals surface area contributed by atoms with E-state index in [1.165, 1.54) is 12.3 Å². The first-order valence-electron chi connectivity index (χ1n) is 6.59. The molecule has 1 aromatic carbocycles. The van der Waals surface area contributed by atoms with Gasteiger partial charge in [-0.3, -0.25) is 4.79 Å². The van der Waals surface area contributed by atoms with Gasteiger partial charge in [-0.05, 0) is 36.6 Å². The molecule has 0 radical (unpaired) electrons. The van der Waals surface area contributed by atoms with Gasteiger partial charge in [0.2, 0.25) is 0 Å². The minimum Gasteiger partial charge on any atom is -0.467 e. The number of hydrogen-bond donors (Lipinski definition) is 2. The third-order valence-electron chi connectivity index (χ3n) is 3.04. The van der Waals surface area contributed by atoms with Crippen LogP contribution in [0, 0.1) is 5.82 Å². The number of carbonyl (C=O) groups is 1. The molecule has 1 heterocycles. The number of nitrogens with two attached hydrogens (primary N) is 1. The number of amides is 1. The van der Waals surface area contributed by atoms with Gasteiger partial charge >= 0.3 is 0 Å². The zero-order valence-corrected chi connectivity index (χ0v) is 13.0. The van der Waals surface area contributed by atoms with Crippen molar-refractivity contribution < 1.29 is 13.6 Å². The van der Waals surface area contributed by atoms with Gasteiger partial charge in [0.1, 0.15) is 17.8 Å². The number of nitrogens with one attached hydrogen (secondary N) is 1. The number of benzene rings is 1. The molecule has 1 aromatic heterocycles. The molecule has 0 bridgehead atoms. The Hall–Kier alpha value is -1.66. The van der Waals surface area contributed by atoms with E-state index in [1.807, 2.05) is 0 Å². The van der Waals surface area contributed by atoms with Crippen LogP contribution in [0.3, 0.4) is 0 Å². The van der Waals surface area contributed by atoms with E-state index in [4.69, 9.17) is 10.2 Å². The number of aryl methyl sites for hydroxylation is 1. The molecule has 0 atom stereocenters. The molecule has 21 heavy (non-hydrogen) atoms. The molecule has 2 aromatic rings. The van der Waals surface area contributed by atoms with Crippen molar-refractivity contribution >= 4 is 21.8 Å². The van der Waals surface area contributed by atoms with Crippen molar-refractivity contribution in [2.24, 2.45) is 5.73 Å². The van der Waals surface area contributed by atoms with Crippen molar-refractivity contribution in [2.45, 2.75) is 19.4 Å². The molecule has 4 nitrogen and oxygen atoms in total. The van der Waals surface area contributed by atoms with Crippen LogP contribution < -0.4 is 11.1 Å². The molecule has 6 heteroatoms. The van der Waals surface area contributed by atoms with E-state index in [9.17, 15) is 9.18 Å². The second-order valence-corrected chi connectivity index (χ2v) is 5.52. The van der Waals surface area contributed by atoms with Gasteiger partial charge in [0.25, 0.3) is 5.91 Å². The molecule has 1 amide bonds. The van der Waals surface area contributed by atoms with Crippen molar-refractivity contribution in [3.05, 3.63) is 57.7 Å². The van der Waals surface area contributed by atoms with Gasteiger partial charge in [-0.2, -0.15) is 0 Å². The summed E-state index contributed by atoms with van der Waals surface area (Å²) >= 11 is 3.22. The zero-order chi connectivity index (χ0) is 15.2. The molecule has 0 saturated carbocycles. The maximum absolute atomic E-state index is 13.6. The van der Waals surface area contributed by atoms with Gasteiger partial charge in [-0.15, -0.1) is 0 Å². The van der Waals surface area contributed by atoms with Gasteiger partial charge in [0.05, 0.1) is 12.1 Å². The first kappa shape index (κ1) is 15.7. The van der Waals surface area contributed by atoms with Gasteiger partial charge in [0, 0.05) is 11.0 Å². The number of halogens is 2. The fourth-order valence-corrected chi connectivity index (χ4v) is 2.25. The van der Waals surface area contributed by atoms with Gasteiger partial charge in [-0.1, -0.05) is 22.0 Å². The summed E-state index contributed by atoms with van der Waals surface area (Å²) in [5.74, 6) is 0.116. The Balaban J connectivity index is 1.77. The third-order valence-corrected chi connectivity index (χ3v) is 3.53. The Labute approximate surface area is 130 Å². The second kappa shape index (κ2) is 7.38. The smallest absolute Gasteiger partial charge is 0.254 e. The van der Waals surface area contributed by atoms with E-state index < -0.39 is 0 Å². The summed E-state index contributed by atoms with van der Waals surface area (Å²) in [7, 11) is 0. The number of hydrogen-bond acceptors (Lipinski definition) is 3. The summed E-state index contributed by atoms with van der Waals surface area (Å²) in [6, 6.07) is 6.60. The summed E-state index contributed by atoms with van der Waals surface area (Å²) in [4.78, 5) is 11.8. The highest BCUT2D eigenvalue weighted by Gasteiger charge is 2.09.